The molecule has 1 saturated carbocycles. The molecule has 0 aromatic heterocycles. The van der Waals surface area contributed by atoms with Crippen molar-refractivity contribution in [1.29, 1.82) is 0 Å². The molecule has 3 fully saturated rings. The van der Waals surface area contributed by atoms with Crippen LogP contribution in [0.3, 0.4) is 0 Å². The third kappa shape index (κ3) is 4.31. The maximum atomic E-state index is 14.9. The molecule has 2 atom stereocenters. The van der Waals surface area contributed by atoms with Gasteiger partial charge in [-0.25, -0.2) is 9.18 Å². The number of carbonyl (C=O) groups is 3. The summed E-state index contributed by atoms with van der Waals surface area (Å²) in [7, 11) is 0. The molecule has 168 valence electrons. The Balaban J connectivity index is 1.36. The van der Waals surface area contributed by atoms with Crippen LogP contribution in [-0.2, 0) is 19.1 Å². The van der Waals surface area contributed by atoms with E-state index < -0.39 is 18.0 Å². The van der Waals surface area contributed by atoms with Gasteiger partial charge in [0.1, 0.15) is 11.9 Å². The third-order valence-electron chi connectivity index (χ3n) is 6.56. The van der Waals surface area contributed by atoms with Crippen LogP contribution in [0.4, 0.5) is 20.6 Å². The van der Waals surface area contributed by atoms with Gasteiger partial charge in [-0.3, -0.25) is 14.5 Å². The van der Waals surface area contributed by atoms with Crippen LogP contribution in [0.2, 0.25) is 0 Å². The molecule has 0 radical (unpaired) electrons. The molecule has 2 heterocycles. The second-order valence-corrected chi connectivity index (χ2v) is 8.55. The zero-order valence-electron chi connectivity index (χ0n) is 17.9. The largest absolute Gasteiger partial charge is 0.466 e. The fourth-order valence-corrected chi connectivity index (χ4v) is 4.69. The molecule has 8 nitrogen and oxygen atoms in total. The van der Waals surface area contributed by atoms with E-state index in [9.17, 15) is 18.8 Å². The maximum Gasteiger partial charge on any atom is 0.414 e. The van der Waals surface area contributed by atoms with E-state index >= 15 is 0 Å². The molecule has 31 heavy (non-hydrogen) atoms. The first-order valence-electron chi connectivity index (χ1n) is 10.8. The van der Waals surface area contributed by atoms with Crippen LogP contribution in [0, 0.1) is 17.2 Å². The van der Waals surface area contributed by atoms with Gasteiger partial charge in [0.15, 0.2) is 0 Å². The summed E-state index contributed by atoms with van der Waals surface area (Å²) in [6.45, 7) is 5.43. The molecule has 2 amide bonds. The number of anilines is 2. The number of esters is 1. The zero-order chi connectivity index (χ0) is 22.2. The topological polar surface area (TPSA) is 88.2 Å². The van der Waals surface area contributed by atoms with Gasteiger partial charge < -0.3 is 19.7 Å². The van der Waals surface area contributed by atoms with Gasteiger partial charge in [-0.1, -0.05) is 0 Å². The smallest absolute Gasteiger partial charge is 0.414 e. The molecule has 2 saturated heterocycles. The van der Waals surface area contributed by atoms with Gasteiger partial charge in [-0.15, -0.1) is 0 Å². The van der Waals surface area contributed by atoms with E-state index in [1.807, 2.05) is 11.8 Å². The predicted octanol–water partition coefficient (Wildman–Crippen LogP) is 2.46. The van der Waals surface area contributed by atoms with Crippen molar-refractivity contribution in [3.8, 4) is 0 Å². The summed E-state index contributed by atoms with van der Waals surface area (Å²) in [5.41, 5.74) is 0.936. The number of amides is 2. The minimum absolute atomic E-state index is 0.0153. The van der Waals surface area contributed by atoms with E-state index in [2.05, 4.69) is 5.32 Å². The molecule has 0 bridgehead atoms. The molecule has 2 unspecified atom stereocenters. The highest BCUT2D eigenvalue weighted by Gasteiger charge is 2.59. The lowest BCUT2D eigenvalue weighted by molar-refractivity contribution is -0.145. The second-order valence-electron chi connectivity index (χ2n) is 8.55. The number of hydrogen-bond donors (Lipinski definition) is 1. The number of nitrogens with one attached hydrogen (secondary N) is 1. The van der Waals surface area contributed by atoms with Crippen molar-refractivity contribution >= 4 is 29.3 Å². The molecule has 4 rings (SSSR count). The van der Waals surface area contributed by atoms with E-state index in [0.717, 1.165) is 19.3 Å². The van der Waals surface area contributed by atoms with Gasteiger partial charge in [-0.05, 0) is 49.8 Å². The van der Waals surface area contributed by atoms with Crippen LogP contribution < -0.4 is 15.1 Å². The summed E-state index contributed by atoms with van der Waals surface area (Å²) >= 11 is 0. The average molecular weight is 433 g/mol. The SMILES string of the molecule is CCOC(=O)C1CC12CCN(c1ccc(N3CC(CNC(C)=O)OC3=O)cc1F)CC2. The summed E-state index contributed by atoms with van der Waals surface area (Å²) in [6.07, 6.45) is 1.50. The van der Waals surface area contributed by atoms with Gasteiger partial charge >= 0.3 is 12.1 Å². The van der Waals surface area contributed by atoms with Crippen LogP contribution in [0.1, 0.15) is 33.1 Å². The minimum Gasteiger partial charge on any atom is -0.466 e. The number of hydrogen-bond acceptors (Lipinski definition) is 6. The van der Waals surface area contributed by atoms with Crippen molar-refractivity contribution in [3.63, 3.8) is 0 Å². The zero-order valence-corrected chi connectivity index (χ0v) is 17.9. The van der Waals surface area contributed by atoms with Crippen LogP contribution in [0.15, 0.2) is 18.2 Å². The van der Waals surface area contributed by atoms with Crippen LogP contribution in [-0.4, -0.2) is 56.9 Å². The van der Waals surface area contributed by atoms with E-state index in [4.69, 9.17) is 9.47 Å². The Bertz CT molecular complexity index is 884. The Labute approximate surface area is 180 Å². The highest BCUT2D eigenvalue weighted by atomic mass is 19.1. The average Bonchev–Trinajstić information content (AvgIpc) is 3.30. The van der Waals surface area contributed by atoms with Crippen molar-refractivity contribution in [1.82, 2.24) is 5.32 Å². The molecular formula is C22H28FN3O5. The predicted molar refractivity (Wildman–Crippen MR) is 111 cm³/mol. The van der Waals surface area contributed by atoms with Crippen molar-refractivity contribution in [2.75, 3.05) is 42.6 Å². The van der Waals surface area contributed by atoms with Gasteiger partial charge in [0, 0.05) is 20.0 Å². The number of cyclic esters (lactones) is 1. The number of nitrogens with zero attached hydrogens (tertiary/aromatic N) is 2. The molecule has 1 aromatic rings. The summed E-state index contributed by atoms with van der Waals surface area (Å²) in [5, 5.41) is 2.62. The minimum atomic E-state index is -0.554. The molecule has 3 aliphatic rings. The van der Waals surface area contributed by atoms with E-state index in [1.54, 1.807) is 12.1 Å². The second kappa shape index (κ2) is 8.36. The lowest BCUT2D eigenvalue weighted by Gasteiger charge is -2.34. The van der Waals surface area contributed by atoms with Crippen LogP contribution in [0.25, 0.3) is 0 Å². The number of benzene rings is 1. The first-order valence-corrected chi connectivity index (χ1v) is 10.8. The monoisotopic (exact) mass is 433 g/mol. The standard InChI is InChI=1S/C22H28FN3O5/c1-3-30-20(28)17-11-22(17)6-8-25(9-7-22)19-5-4-15(10-18(19)23)26-13-16(31-21(26)29)12-24-14(2)27/h4-5,10,16-17H,3,6-9,11-13H2,1-2H3,(H,24,27). The normalized spacial score (nSPS) is 24.2. The van der Waals surface area contributed by atoms with Crippen molar-refractivity contribution in [3.05, 3.63) is 24.0 Å². The maximum absolute atomic E-state index is 14.9. The first-order chi connectivity index (χ1) is 14.8. The van der Waals surface area contributed by atoms with Gasteiger partial charge in [-0.2, -0.15) is 0 Å². The molecule has 1 spiro atoms. The summed E-state index contributed by atoms with van der Waals surface area (Å²) in [5.74, 6) is -0.730. The Hall–Kier alpha value is -2.84. The fourth-order valence-electron chi connectivity index (χ4n) is 4.69. The molecular weight excluding hydrogens is 405 g/mol. The molecule has 9 heteroatoms. The van der Waals surface area contributed by atoms with E-state index in [0.29, 0.717) is 31.1 Å². The quantitative estimate of drug-likeness (QED) is 0.694. The highest BCUT2D eigenvalue weighted by molar-refractivity contribution is 5.90. The third-order valence-corrected chi connectivity index (χ3v) is 6.56. The van der Waals surface area contributed by atoms with Crippen LogP contribution in [0.5, 0.6) is 0 Å². The van der Waals surface area contributed by atoms with Gasteiger partial charge in [0.25, 0.3) is 0 Å². The highest BCUT2D eigenvalue weighted by Crippen LogP contribution is 2.60. The van der Waals surface area contributed by atoms with Gasteiger partial charge in [0.05, 0.1) is 37.0 Å². The molecule has 2 aliphatic heterocycles. The fraction of sp³-hybridized carbons (Fsp3) is 0.591. The summed E-state index contributed by atoms with van der Waals surface area (Å²) in [4.78, 5) is 38.6. The number of halogens is 1. The molecule has 1 N–H and O–H groups in total. The number of piperidine rings is 1. The Morgan fingerprint density at radius 1 is 1.32 bits per heavy atom. The van der Waals surface area contributed by atoms with Crippen LogP contribution >= 0.6 is 0 Å². The Kier molecular flexibility index (Phi) is 5.77. The molecule has 1 aromatic carbocycles. The Morgan fingerprint density at radius 3 is 2.71 bits per heavy atom. The van der Waals surface area contributed by atoms with Crippen molar-refractivity contribution in [2.24, 2.45) is 11.3 Å². The molecule has 1 aliphatic carbocycles. The lowest BCUT2D eigenvalue weighted by atomic mass is 9.90. The van der Waals surface area contributed by atoms with E-state index in [1.165, 1.54) is 17.9 Å². The van der Waals surface area contributed by atoms with Crippen molar-refractivity contribution in [2.45, 2.75) is 39.2 Å². The number of rotatable bonds is 6. The van der Waals surface area contributed by atoms with E-state index in [-0.39, 0.29) is 36.3 Å². The van der Waals surface area contributed by atoms with Crippen molar-refractivity contribution < 1.29 is 28.2 Å². The summed E-state index contributed by atoms with van der Waals surface area (Å²) < 4.78 is 25.3. The first kappa shape index (κ1) is 21.4. The summed E-state index contributed by atoms with van der Waals surface area (Å²) in [6, 6.07) is 4.75. The Morgan fingerprint density at radius 2 is 2.06 bits per heavy atom. The number of ether oxygens (including phenoxy) is 2. The lowest BCUT2D eigenvalue weighted by Crippen LogP contribution is -2.36. The van der Waals surface area contributed by atoms with Gasteiger partial charge in [0.2, 0.25) is 5.91 Å². The number of carbonyl (C=O) groups excluding carboxylic acids is 3.